The maximum atomic E-state index is 5.66. The van der Waals surface area contributed by atoms with E-state index < -0.39 is 0 Å². The number of nitrogens with zero attached hydrogens (tertiary/aromatic N) is 5. The van der Waals surface area contributed by atoms with Gasteiger partial charge in [-0.15, -0.1) is 10.2 Å². The molecule has 1 aromatic carbocycles. The van der Waals surface area contributed by atoms with Gasteiger partial charge in [-0.1, -0.05) is 30.3 Å². The number of aromatic nitrogens is 4. The largest absolute Gasteiger partial charge is 0.444 e. The standard InChI is InChI=1S/C20H27N7O/c1-13-15(3)28-19(23-13)12-22-20(21-11-18-26-25-16(4)27(18)5)24-14(2)17-9-7-6-8-10-17/h6-10,14H,11-12H2,1-5H3,(H2,21,22,24). The van der Waals surface area contributed by atoms with E-state index >= 15 is 0 Å². The normalized spacial score (nSPS) is 12.8. The first-order chi connectivity index (χ1) is 13.4. The van der Waals surface area contributed by atoms with Gasteiger partial charge in [-0.2, -0.15) is 0 Å². The highest BCUT2D eigenvalue weighted by Gasteiger charge is 2.11. The molecule has 1 atom stereocenters. The van der Waals surface area contributed by atoms with Crippen molar-refractivity contribution in [2.75, 3.05) is 0 Å². The number of nitrogens with one attached hydrogen (secondary N) is 2. The first kappa shape index (κ1) is 19.6. The quantitative estimate of drug-likeness (QED) is 0.504. The number of rotatable bonds is 6. The van der Waals surface area contributed by atoms with Crippen LogP contribution in [0, 0.1) is 20.8 Å². The van der Waals surface area contributed by atoms with Crippen LogP contribution in [0.4, 0.5) is 0 Å². The molecule has 148 valence electrons. The van der Waals surface area contributed by atoms with Crippen molar-refractivity contribution in [1.29, 1.82) is 0 Å². The summed E-state index contributed by atoms with van der Waals surface area (Å²) in [6.07, 6.45) is 0. The highest BCUT2D eigenvalue weighted by atomic mass is 16.4. The maximum Gasteiger partial charge on any atom is 0.214 e. The van der Waals surface area contributed by atoms with Gasteiger partial charge in [0.15, 0.2) is 11.8 Å². The molecular formula is C20H27N7O. The highest BCUT2D eigenvalue weighted by Crippen LogP contribution is 2.12. The van der Waals surface area contributed by atoms with Gasteiger partial charge in [-0.3, -0.25) is 0 Å². The van der Waals surface area contributed by atoms with Crippen LogP contribution in [-0.2, 0) is 20.1 Å². The lowest BCUT2D eigenvalue weighted by molar-refractivity contribution is 0.463. The van der Waals surface area contributed by atoms with E-state index in [1.54, 1.807) is 0 Å². The number of hydrogen-bond donors (Lipinski definition) is 2. The Hall–Kier alpha value is -3.16. The van der Waals surface area contributed by atoms with Gasteiger partial charge >= 0.3 is 0 Å². The predicted octanol–water partition coefficient (Wildman–Crippen LogP) is 2.72. The van der Waals surface area contributed by atoms with Gasteiger partial charge in [-0.05, 0) is 33.3 Å². The molecule has 1 unspecified atom stereocenters. The number of aliphatic imine (C=N–C) groups is 1. The lowest BCUT2D eigenvalue weighted by Gasteiger charge is -2.18. The third kappa shape index (κ3) is 4.76. The zero-order valence-corrected chi connectivity index (χ0v) is 17.0. The van der Waals surface area contributed by atoms with Crippen molar-refractivity contribution in [3.05, 3.63) is 64.9 Å². The number of hydrogen-bond acceptors (Lipinski definition) is 5. The van der Waals surface area contributed by atoms with E-state index in [2.05, 4.69) is 49.9 Å². The fourth-order valence-corrected chi connectivity index (χ4v) is 2.70. The molecular weight excluding hydrogens is 354 g/mol. The van der Waals surface area contributed by atoms with Gasteiger partial charge in [-0.25, -0.2) is 9.98 Å². The van der Waals surface area contributed by atoms with Crippen molar-refractivity contribution < 1.29 is 4.42 Å². The van der Waals surface area contributed by atoms with Crippen molar-refractivity contribution in [3.8, 4) is 0 Å². The van der Waals surface area contributed by atoms with E-state index in [4.69, 9.17) is 4.42 Å². The van der Waals surface area contributed by atoms with Crippen LogP contribution in [0.5, 0.6) is 0 Å². The minimum atomic E-state index is 0.0849. The molecule has 8 nitrogen and oxygen atoms in total. The zero-order valence-electron chi connectivity index (χ0n) is 17.0. The number of oxazole rings is 1. The molecule has 0 bridgehead atoms. The van der Waals surface area contributed by atoms with Crippen molar-refractivity contribution in [1.82, 2.24) is 30.4 Å². The van der Waals surface area contributed by atoms with Crippen molar-refractivity contribution in [2.24, 2.45) is 12.0 Å². The van der Waals surface area contributed by atoms with Crippen LogP contribution >= 0.6 is 0 Å². The average Bonchev–Trinajstić information content (AvgIpc) is 3.19. The smallest absolute Gasteiger partial charge is 0.214 e. The van der Waals surface area contributed by atoms with E-state index in [0.29, 0.717) is 24.9 Å². The Morgan fingerprint density at radius 1 is 1.18 bits per heavy atom. The molecule has 0 saturated carbocycles. The Morgan fingerprint density at radius 3 is 2.54 bits per heavy atom. The summed E-state index contributed by atoms with van der Waals surface area (Å²) >= 11 is 0. The first-order valence-corrected chi connectivity index (χ1v) is 9.31. The Kier molecular flexibility index (Phi) is 6.08. The van der Waals surface area contributed by atoms with Crippen molar-refractivity contribution in [2.45, 2.75) is 46.8 Å². The summed E-state index contributed by atoms with van der Waals surface area (Å²) in [6.45, 7) is 8.72. The van der Waals surface area contributed by atoms with Gasteiger partial charge in [0.25, 0.3) is 0 Å². The molecule has 0 fully saturated rings. The topological polar surface area (TPSA) is 93.2 Å². The van der Waals surface area contributed by atoms with Gasteiger partial charge in [0.05, 0.1) is 18.3 Å². The van der Waals surface area contributed by atoms with E-state index in [9.17, 15) is 0 Å². The average molecular weight is 381 g/mol. The summed E-state index contributed by atoms with van der Waals surface area (Å²) in [5.74, 6) is 3.78. The van der Waals surface area contributed by atoms with Crippen LogP contribution in [0.2, 0.25) is 0 Å². The Labute approximate surface area is 165 Å². The lowest BCUT2D eigenvalue weighted by Crippen LogP contribution is -2.38. The van der Waals surface area contributed by atoms with Crippen LogP contribution in [0.3, 0.4) is 0 Å². The monoisotopic (exact) mass is 381 g/mol. The molecule has 0 amide bonds. The van der Waals surface area contributed by atoms with Gasteiger partial charge in [0, 0.05) is 7.05 Å². The Morgan fingerprint density at radius 2 is 1.93 bits per heavy atom. The third-order valence-corrected chi connectivity index (χ3v) is 4.69. The predicted molar refractivity (Wildman–Crippen MR) is 108 cm³/mol. The van der Waals surface area contributed by atoms with Crippen molar-refractivity contribution in [3.63, 3.8) is 0 Å². The van der Waals surface area contributed by atoms with Crippen LogP contribution < -0.4 is 10.6 Å². The first-order valence-electron chi connectivity index (χ1n) is 9.31. The van der Waals surface area contributed by atoms with Gasteiger partial charge < -0.3 is 19.6 Å². The fourth-order valence-electron chi connectivity index (χ4n) is 2.70. The van der Waals surface area contributed by atoms with E-state index in [1.165, 1.54) is 5.56 Å². The Balaban J connectivity index is 1.74. The summed E-state index contributed by atoms with van der Waals surface area (Å²) in [5.41, 5.74) is 2.07. The second-order valence-corrected chi connectivity index (χ2v) is 6.77. The molecule has 0 radical (unpaired) electrons. The molecule has 28 heavy (non-hydrogen) atoms. The summed E-state index contributed by atoms with van der Waals surface area (Å²) < 4.78 is 7.59. The summed E-state index contributed by atoms with van der Waals surface area (Å²) in [4.78, 5) is 9.10. The molecule has 3 rings (SSSR count). The third-order valence-electron chi connectivity index (χ3n) is 4.69. The number of guanidine groups is 1. The number of aryl methyl sites for hydroxylation is 3. The molecule has 2 N–H and O–H groups in total. The second-order valence-electron chi connectivity index (χ2n) is 6.77. The van der Waals surface area contributed by atoms with Crippen LogP contribution in [-0.4, -0.2) is 25.7 Å². The SMILES string of the molecule is Cc1nc(CNC(=NCc2nnc(C)n2C)NC(C)c2ccccc2)oc1C. The van der Waals surface area contributed by atoms with E-state index in [1.807, 2.05) is 50.6 Å². The van der Waals surface area contributed by atoms with Crippen LogP contribution in [0.15, 0.2) is 39.7 Å². The lowest BCUT2D eigenvalue weighted by atomic mass is 10.1. The molecule has 3 aromatic rings. The molecule has 0 aliphatic heterocycles. The molecule has 2 heterocycles. The molecule has 2 aromatic heterocycles. The molecule has 0 aliphatic carbocycles. The molecule has 0 spiro atoms. The van der Waals surface area contributed by atoms with Crippen LogP contribution in [0.25, 0.3) is 0 Å². The number of benzene rings is 1. The molecule has 0 aliphatic rings. The van der Waals surface area contributed by atoms with Crippen molar-refractivity contribution >= 4 is 5.96 Å². The fraction of sp³-hybridized carbons (Fsp3) is 0.400. The molecule has 8 heteroatoms. The summed E-state index contributed by atoms with van der Waals surface area (Å²) in [5, 5.41) is 15.0. The zero-order chi connectivity index (χ0) is 20.1. The second kappa shape index (κ2) is 8.69. The highest BCUT2D eigenvalue weighted by molar-refractivity contribution is 5.80. The summed E-state index contributed by atoms with van der Waals surface area (Å²) in [7, 11) is 1.94. The molecule has 0 saturated heterocycles. The van der Waals surface area contributed by atoms with Crippen LogP contribution in [0.1, 0.15) is 47.5 Å². The van der Waals surface area contributed by atoms with E-state index in [0.717, 1.165) is 23.1 Å². The van der Waals surface area contributed by atoms with Gasteiger partial charge in [0.1, 0.15) is 18.1 Å². The minimum Gasteiger partial charge on any atom is -0.444 e. The van der Waals surface area contributed by atoms with E-state index in [-0.39, 0.29) is 6.04 Å². The maximum absolute atomic E-state index is 5.66. The van der Waals surface area contributed by atoms with Gasteiger partial charge in [0.2, 0.25) is 5.89 Å². The Bertz CT molecular complexity index is 923. The minimum absolute atomic E-state index is 0.0849. The summed E-state index contributed by atoms with van der Waals surface area (Å²) in [6, 6.07) is 10.3.